The SMILES string of the molecule is COc1cccc(C2CCCC(CN(C)C)C2(O)c2cccc(OC)c2)c1. The number of ether oxygens (including phenoxy) is 2. The van der Waals surface area contributed by atoms with Gasteiger partial charge in [-0.2, -0.15) is 0 Å². The van der Waals surface area contributed by atoms with Gasteiger partial charge in [0, 0.05) is 18.4 Å². The minimum Gasteiger partial charge on any atom is -0.497 e. The molecule has 0 saturated heterocycles. The number of hydrogen-bond acceptors (Lipinski definition) is 4. The molecule has 0 amide bonds. The molecule has 146 valence electrons. The summed E-state index contributed by atoms with van der Waals surface area (Å²) in [6.45, 7) is 0.841. The Hall–Kier alpha value is -2.04. The standard InChI is InChI=1S/C23H31NO3/c1-24(2)16-19-10-7-13-22(17-8-5-11-20(14-17)26-3)23(19,25)18-9-6-12-21(15-18)27-4/h5-6,8-9,11-12,14-15,19,22,25H,7,10,13,16H2,1-4H3. The van der Waals surface area contributed by atoms with Crippen LogP contribution in [0.15, 0.2) is 48.5 Å². The largest absolute Gasteiger partial charge is 0.497 e. The van der Waals surface area contributed by atoms with E-state index in [-0.39, 0.29) is 11.8 Å². The number of aliphatic hydroxyl groups is 1. The van der Waals surface area contributed by atoms with Gasteiger partial charge in [-0.3, -0.25) is 0 Å². The van der Waals surface area contributed by atoms with E-state index in [9.17, 15) is 5.11 Å². The van der Waals surface area contributed by atoms with Gasteiger partial charge in [0.1, 0.15) is 17.1 Å². The third kappa shape index (κ3) is 3.97. The number of methoxy groups -OCH3 is 2. The monoisotopic (exact) mass is 369 g/mol. The summed E-state index contributed by atoms with van der Waals surface area (Å²) in [5, 5.41) is 12.2. The first-order valence-electron chi connectivity index (χ1n) is 9.64. The van der Waals surface area contributed by atoms with Crippen molar-refractivity contribution in [3.05, 3.63) is 59.7 Å². The lowest BCUT2D eigenvalue weighted by molar-refractivity contribution is -0.0804. The minimum atomic E-state index is -0.955. The van der Waals surface area contributed by atoms with Crippen LogP contribution in [0.3, 0.4) is 0 Å². The van der Waals surface area contributed by atoms with E-state index in [0.717, 1.165) is 48.4 Å². The number of benzene rings is 2. The van der Waals surface area contributed by atoms with E-state index >= 15 is 0 Å². The second-order valence-corrected chi connectivity index (χ2v) is 7.78. The fourth-order valence-corrected chi connectivity index (χ4v) is 4.55. The maximum atomic E-state index is 12.2. The van der Waals surface area contributed by atoms with Gasteiger partial charge >= 0.3 is 0 Å². The van der Waals surface area contributed by atoms with E-state index in [4.69, 9.17) is 9.47 Å². The molecule has 3 atom stereocenters. The van der Waals surface area contributed by atoms with Crippen LogP contribution < -0.4 is 9.47 Å². The molecule has 1 saturated carbocycles. The van der Waals surface area contributed by atoms with Gasteiger partial charge in [0.2, 0.25) is 0 Å². The molecule has 4 heteroatoms. The van der Waals surface area contributed by atoms with Gasteiger partial charge in [-0.15, -0.1) is 0 Å². The molecule has 0 aromatic heterocycles. The molecule has 2 aromatic rings. The highest BCUT2D eigenvalue weighted by Gasteiger charge is 2.48. The molecule has 0 aliphatic heterocycles. The zero-order valence-corrected chi connectivity index (χ0v) is 16.8. The molecule has 1 aliphatic carbocycles. The highest BCUT2D eigenvalue weighted by molar-refractivity contribution is 5.40. The van der Waals surface area contributed by atoms with E-state index in [1.165, 1.54) is 0 Å². The molecule has 0 bridgehead atoms. The predicted octanol–water partition coefficient (Wildman–Crippen LogP) is 4.04. The van der Waals surface area contributed by atoms with Crippen molar-refractivity contribution in [1.29, 1.82) is 0 Å². The van der Waals surface area contributed by atoms with Crippen LogP contribution in [0, 0.1) is 5.92 Å². The average Bonchev–Trinajstić information content (AvgIpc) is 2.69. The second kappa shape index (κ2) is 8.32. The van der Waals surface area contributed by atoms with Gasteiger partial charge in [-0.05, 0) is 62.3 Å². The Morgan fingerprint density at radius 2 is 1.67 bits per heavy atom. The summed E-state index contributed by atoms with van der Waals surface area (Å²) in [6, 6.07) is 16.0. The highest BCUT2D eigenvalue weighted by atomic mass is 16.5. The van der Waals surface area contributed by atoms with Crippen molar-refractivity contribution < 1.29 is 14.6 Å². The van der Waals surface area contributed by atoms with Gasteiger partial charge in [0.25, 0.3) is 0 Å². The number of nitrogens with zero attached hydrogens (tertiary/aromatic N) is 1. The zero-order chi connectivity index (χ0) is 19.4. The van der Waals surface area contributed by atoms with Crippen molar-refractivity contribution in [3.63, 3.8) is 0 Å². The van der Waals surface area contributed by atoms with E-state index in [2.05, 4.69) is 31.1 Å². The van der Waals surface area contributed by atoms with Crippen LogP contribution in [0.5, 0.6) is 11.5 Å². The van der Waals surface area contributed by atoms with Crippen LogP contribution >= 0.6 is 0 Å². The minimum absolute atomic E-state index is 0.0124. The van der Waals surface area contributed by atoms with Gasteiger partial charge < -0.3 is 19.5 Å². The topological polar surface area (TPSA) is 41.9 Å². The van der Waals surface area contributed by atoms with Crippen molar-refractivity contribution in [1.82, 2.24) is 4.90 Å². The van der Waals surface area contributed by atoms with E-state index in [1.807, 2.05) is 36.4 Å². The Morgan fingerprint density at radius 3 is 2.33 bits per heavy atom. The predicted molar refractivity (Wildman–Crippen MR) is 109 cm³/mol. The van der Waals surface area contributed by atoms with Crippen LogP contribution in [0.1, 0.15) is 36.3 Å². The lowest BCUT2D eigenvalue weighted by Gasteiger charge is -2.47. The summed E-state index contributed by atoms with van der Waals surface area (Å²) in [5.41, 5.74) is 1.10. The lowest BCUT2D eigenvalue weighted by Crippen LogP contribution is -2.47. The lowest BCUT2D eigenvalue weighted by atomic mass is 9.63. The van der Waals surface area contributed by atoms with Crippen LogP contribution in [0.2, 0.25) is 0 Å². The van der Waals surface area contributed by atoms with Gasteiger partial charge in [0.15, 0.2) is 0 Å². The van der Waals surface area contributed by atoms with Crippen molar-refractivity contribution in [2.75, 3.05) is 34.9 Å². The van der Waals surface area contributed by atoms with Gasteiger partial charge in [-0.25, -0.2) is 0 Å². The molecule has 0 spiro atoms. The maximum Gasteiger partial charge on any atom is 0.119 e. The Balaban J connectivity index is 2.11. The third-order valence-corrected chi connectivity index (χ3v) is 5.81. The van der Waals surface area contributed by atoms with Gasteiger partial charge in [-0.1, -0.05) is 30.7 Å². The fourth-order valence-electron chi connectivity index (χ4n) is 4.55. The van der Waals surface area contributed by atoms with Crippen molar-refractivity contribution in [2.45, 2.75) is 30.8 Å². The molecule has 1 aliphatic rings. The number of hydrogen-bond donors (Lipinski definition) is 1. The van der Waals surface area contributed by atoms with E-state index < -0.39 is 5.60 Å². The molecule has 3 unspecified atom stereocenters. The summed E-state index contributed by atoms with van der Waals surface area (Å²) in [5.74, 6) is 1.76. The highest BCUT2D eigenvalue weighted by Crippen LogP contribution is 2.51. The first kappa shape index (κ1) is 19.7. The van der Waals surface area contributed by atoms with Crippen molar-refractivity contribution in [2.24, 2.45) is 5.92 Å². The molecule has 0 heterocycles. The van der Waals surface area contributed by atoms with E-state index in [1.54, 1.807) is 14.2 Å². The molecule has 1 N–H and O–H groups in total. The fraction of sp³-hybridized carbons (Fsp3) is 0.478. The quantitative estimate of drug-likeness (QED) is 0.835. The summed E-state index contributed by atoms with van der Waals surface area (Å²) in [7, 11) is 7.49. The maximum absolute atomic E-state index is 12.2. The molecule has 27 heavy (non-hydrogen) atoms. The Bertz CT molecular complexity index is 761. The number of rotatable bonds is 6. The summed E-state index contributed by atoms with van der Waals surface area (Å²) >= 11 is 0. The molecular weight excluding hydrogens is 338 g/mol. The Labute approximate surface area is 162 Å². The van der Waals surface area contributed by atoms with E-state index in [0.29, 0.717) is 0 Å². The van der Waals surface area contributed by atoms with Crippen LogP contribution in [-0.4, -0.2) is 44.9 Å². The Kier molecular flexibility index (Phi) is 6.08. The normalized spacial score (nSPS) is 25.4. The second-order valence-electron chi connectivity index (χ2n) is 7.78. The van der Waals surface area contributed by atoms with Crippen LogP contribution in [0.25, 0.3) is 0 Å². The molecule has 0 radical (unpaired) electrons. The van der Waals surface area contributed by atoms with Crippen LogP contribution in [0.4, 0.5) is 0 Å². The smallest absolute Gasteiger partial charge is 0.119 e. The van der Waals surface area contributed by atoms with Crippen molar-refractivity contribution in [3.8, 4) is 11.5 Å². The average molecular weight is 370 g/mol. The molecular formula is C23H31NO3. The summed E-state index contributed by atoms with van der Waals surface area (Å²) in [6.07, 6.45) is 3.06. The third-order valence-electron chi connectivity index (χ3n) is 5.81. The molecule has 1 fully saturated rings. The first-order valence-corrected chi connectivity index (χ1v) is 9.64. The van der Waals surface area contributed by atoms with Crippen LogP contribution in [-0.2, 0) is 5.60 Å². The van der Waals surface area contributed by atoms with Crippen molar-refractivity contribution >= 4 is 0 Å². The zero-order valence-electron chi connectivity index (χ0n) is 16.8. The summed E-state index contributed by atoms with van der Waals surface area (Å²) in [4.78, 5) is 2.17. The molecule has 3 rings (SSSR count). The van der Waals surface area contributed by atoms with Gasteiger partial charge in [0.05, 0.1) is 14.2 Å². The summed E-state index contributed by atoms with van der Waals surface area (Å²) < 4.78 is 10.9. The first-order chi connectivity index (χ1) is 13.0. The molecule has 2 aromatic carbocycles. The Morgan fingerprint density at radius 1 is 1.00 bits per heavy atom. The molecule has 4 nitrogen and oxygen atoms in total.